The van der Waals surface area contributed by atoms with E-state index in [0.717, 1.165) is 89.9 Å². The molecule has 0 spiro atoms. The fourth-order valence-electron chi connectivity index (χ4n) is 6.26. The van der Waals surface area contributed by atoms with Crippen molar-refractivity contribution in [2.24, 2.45) is 0 Å². The third-order valence-electron chi connectivity index (χ3n) is 9.64. The van der Waals surface area contributed by atoms with Gasteiger partial charge in [0.05, 0.1) is 25.4 Å². The maximum atomic E-state index is 12.3. The Morgan fingerprint density at radius 3 is 1.59 bits per heavy atom. The minimum atomic E-state index is -0.678. The number of aliphatic hydroxyl groups excluding tert-OH is 2. The molecular formula is C45H83NO5. The van der Waals surface area contributed by atoms with Crippen molar-refractivity contribution in [3.05, 3.63) is 36.5 Å². The molecule has 0 bridgehead atoms. The van der Waals surface area contributed by atoms with Crippen molar-refractivity contribution in [1.29, 1.82) is 0 Å². The van der Waals surface area contributed by atoms with Crippen LogP contribution in [0.3, 0.4) is 0 Å². The fourth-order valence-corrected chi connectivity index (χ4v) is 6.26. The monoisotopic (exact) mass is 718 g/mol. The molecule has 6 nitrogen and oxygen atoms in total. The molecule has 0 saturated heterocycles. The van der Waals surface area contributed by atoms with Crippen LogP contribution >= 0.6 is 0 Å². The van der Waals surface area contributed by atoms with E-state index in [-0.39, 0.29) is 18.5 Å². The van der Waals surface area contributed by atoms with Crippen LogP contribution in [0.2, 0.25) is 0 Å². The Morgan fingerprint density at radius 2 is 1.02 bits per heavy atom. The van der Waals surface area contributed by atoms with E-state index >= 15 is 0 Å². The van der Waals surface area contributed by atoms with Gasteiger partial charge in [-0.15, -0.1) is 0 Å². The fraction of sp³-hybridized carbons (Fsp3) is 0.822. The number of hydrogen-bond acceptors (Lipinski definition) is 5. The Morgan fingerprint density at radius 1 is 0.549 bits per heavy atom. The molecule has 0 aliphatic carbocycles. The second-order valence-electron chi connectivity index (χ2n) is 14.7. The predicted octanol–water partition coefficient (Wildman–Crippen LogP) is 12.2. The summed E-state index contributed by atoms with van der Waals surface area (Å²) in [5.41, 5.74) is 0. The lowest BCUT2D eigenvalue weighted by atomic mass is 10.0. The number of rotatable bonds is 39. The van der Waals surface area contributed by atoms with E-state index in [9.17, 15) is 19.8 Å². The smallest absolute Gasteiger partial charge is 0.305 e. The van der Waals surface area contributed by atoms with Gasteiger partial charge in [-0.25, -0.2) is 0 Å². The van der Waals surface area contributed by atoms with E-state index in [1.54, 1.807) is 0 Å². The third kappa shape index (κ3) is 37.6. The lowest BCUT2D eigenvalue weighted by Gasteiger charge is -2.22. The number of hydrogen-bond donors (Lipinski definition) is 3. The summed E-state index contributed by atoms with van der Waals surface area (Å²) in [6.07, 6.45) is 46.7. The first kappa shape index (κ1) is 49.1. The molecule has 0 aliphatic heterocycles. The summed E-state index contributed by atoms with van der Waals surface area (Å²) in [7, 11) is 0. The Labute approximate surface area is 315 Å². The molecule has 0 radical (unpaired) electrons. The second kappa shape index (κ2) is 40.8. The van der Waals surface area contributed by atoms with Crippen molar-refractivity contribution in [3.8, 4) is 0 Å². The van der Waals surface area contributed by atoms with Gasteiger partial charge in [0.1, 0.15) is 0 Å². The van der Waals surface area contributed by atoms with Crippen LogP contribution in [-0.2, 0) is 14.3 Å². The molecule has 3 N–H and O–H groups in total. The van der Waals surface area contributed by atoms with Gasteiger partial charge in [-0.2, -0.15) is 0 Å². The summed E-state index contributed by atoms with van der Waals surface area (Å²) < 4.78 is 5.41. The van der Waals surface area contributed by atoms with Crippen LogP contribution in [0.5, 0.6) is 0 Å². The molecule has 2 atom stereocenters. The molecule has 1 amide bonds. The zero-order valence-electron chi connectivity index (χ0n) is 33.6. The van der Waals surface area contributed by atoms with E-state index in [2.05, 4.69) is 55.6 Å². The first-order valence-corrected chi connectivity index (χ1v) is 21.7. The third-order valence-corrected chi connectivity index (χ3v) is 9.64. The van der Waals surface area contributed by atoms with E-state index in [0.29, 0.717) is 25.9 Å². The maximum Gasteiger partial charge on any atom is 0.305 e. The van der Waals surface area contributed by atoms with Crippen LogP contribution in [0.4, 0.5) is 0 Å². The Kier molecular flexibility index (Phi) is 39.3. The molecule has 0 saturated carbocycles. The standard InChI is InChI=1S/C45H83NO5/c1-3-5-7-9-11-13-14-15-19-23-27-31-35-39-45(50)51-40-36-32-28-24-20-17-16-18-22-26-30-34-38-44(49)46-42(41-47)43(48)37-33-29-25-21-12-10-8-6-4-2/h7,9,13-14,17,20,42-43,47-48H,3-6,8,10-12,15-16,18-19,21-41H2,1-2H3,(H,46,49)/b9-7-,14-13-,20-17-. The zero-order chi connectivity index (χ0) is 37.3. The molecule has 0 aliphatic rings. The van der Waals surface area contributed by atoms with Gasteiger partial charge < -0.3 is 20.3 Å². The first-order chi connectivity index (χ1) is 25.0. The topological polar surface area (TPSA) is 95.9 Å². The SMILES string of the molecule is CCC/C=C\C/C=C\CCCCCCCC(=O)OCCCCC/C=C\CCCCCCCC(=O)NC(CO)C(O)CCCCCCCCCCC. The zero-order valence-corrected chi connectivity index (χ0v) is 33.6. The van der Waals surface area contributed by atoms with Crippen molar-refractivity contribution in [2.75, 3.05) is 13.2 Å². The van der Waals surface area contributed by atoms with Crippen LogP contribution in [0.25, 0.3) is 0 Å². The average molecular weight is 718 g/mol. The Bertz CT molecular complexity index is 838. The molecule has 0 heterocycles. The normalized spacial score (nSPS) is 13.1. The van der Waals surface area contributed by atoms with Crippen molar-refractivity contribution in [3.63, 3.8) is 0 Å². The van der Waals surface area contributed by atoms with Gasteiger partial charge in [-0.3, -0.25) is 9.59 Å². The van der Waals surface area contributed by atoms with Gasteiger partial charge in [0.25, 0.3) is 0 Å². The van der Waals surface area contributed by atoms with E-state index in [4.69, 9.17) is 4.74 Å². The van der Waals surface area contributed by atoms with Crippen LogP contribution in [0, 0.1) is 0 Å². The molecule has 6 heteroatoms. The molecule has 0 aromatic carbocycles. The van der Waals surface area contributed by atoms with Gasteiger partial charge >= 0.3 is 5.97 Å². The molecule has 0 rings (SSSR count). The Balaban J connectivity index is 3.53. The number of aliphatic hydroxyl groups is 2. The summed E-state index contributed by atoms with van der Waals surface area (Å²) in [5, 5.41) is 23.0. The van der Waals surface area contributed by atoms with Crippen LogP contribution in [0.15, 0.2) is 36.5 Å². The van der Waals surface area contributed by atoms with Crippen molar-refractivity contribution < 1.29 is 24.5 Å². The highest BCUT2D eigenvalue weighted by Gasteiger charge is 2.20. The summed E-state index contributed by atoms with van der Waals surface area (Å²) in [4.78, 5) is 24.3. The predicted molar refractivity (Wildman–Crippen MR) is 218 cm³/mol. The second-order valence-corrected chi connectivity index (χ2v) is 14.7. The average Bonchev–Trinajstić information content (AvgIpc) is 3.13. The highest BCUT2D eigenvalue weighted by atomic mass is 16.5. The number of amides is 1. The van der Waals surface area contributed by atoms with Crippen LogP contribution < -0.4 is 5.32 Å². The minimum Gasteiger partial charge on any atom is -0.466 e. The maximum absolute atomic E-state index is 12.3. The largest absolute Gasteiger partial charge is 0.466 e. The molecule has 0 fully saturated rings. The number of esters is 1. The number of carbonyl (C=O) groups excluding carboxylic acids is 2. The molecule has 298 valence electrons. The molecular weight excluding hydrogens is 634 g/mol. The number of carbonyl (C=O) groups is 2. The van der Waals surface area contributed by atoms with Crippen LogP contribution in [0.1, 0.15) is 213 Å². The van der Waals surface area contributed by atoms with Gasteiger partial charge in [-0.05, 0) is 83.5 Å². The summed E-state index contributed by atoms with van der Waals surface area (Å²) in [6, 6.07) is -0.558. The van der Waals surface area contributed by atoms with E-state index in [1.165, 1.54) is 89.9 Å². The molecule has 2 unspecified atom stereocenters. The lowest BCUT2D eigenvalue weighted by molar-refractivity contribution is -0.143. The quantitative estimate of drug-likeness (QED) is 0.0334. The van der Waals surface area contributed by atoms with Gasteiger partial charge in [0, 0.05) is 12.8 Å². The highest BCUT2D eigenvalue weighted by Crippen LogP contribution is 2.14. The number of unbranched alkanes of at least 4 members (excludes halogenated alkanes) is 22. The first-order valence-electron chi connectivity index (χ1n) is 21.7. The number of ether oxygens (including phenoxy) is 1. The summed E-state index contributed by atoms with van der Waals surface area (Å²) >= 11 is 0. The summed E-state index contributed by atoms with van der Waals surface area (Å²) in [5.74, 6) is -0.106. The molecule has 51 heavy (non-hydrogen) atoms. The summed E-state index contributed by atoms with van der Waals surface area (Å²) in [6.45, 7) is 4.77. The van der Waals surface area contributed by atoms with E-state index < -0.39 is 12.1 Å². The van der Waals surface area contributed by atoms with Crippen molar-refractivity contribution in [1.82, 2.24) is 5.32 Å². The lowest BCUT2D eigenvalue weighted by Crippen LogP contribution is -2.45. The van der Waals surface area contributed by atoms with Crippen molar-refractivity contribution >= 4 is 11.9 Å². The number of allylic oxidation sites excluding steroid dienone is 6. The van der Waals surface area contributed by atoms with Crippen LogP contribution in [-0.4, -0.2) is 47.4 Å². The van der Waals surface area contributed by atoms with Gasteiger partial charge in [0.15, 0.2) is 0 Å². The minimum absolute atomic E-state index is 0.0396. The van der Waals surface area contributed by atoms with E-state index in [1.807, 2.05) is 0 Å². The number of nitrogens with one attached hydrogen (secondary N) is 1. The Hall–Kier alpha value is -1.92. The molecule has 0 aromatic rings. The highest BCUT2D eigenvalue weighted by molar-refractivity contribution is 5.76. The van der Waals surface area contributed by atoms with Gasteiger partial charge in [-0.1, -0.05) is 153 Å². The van der Waals surface area contributed by atoms with Gasteiger partial charge in [0.2, 0.25) is 5.91 Å². The molecule has 0 aromatic heterocycles. The van der Waals surface area contributed by atoms with Crippen molar-refractivity contribution in [2.45, 2.75) is 225 Å².